The van der Waals surface area contributed by atoms with Crippen LogP contribution in [0.25, 0.3) is 0 Å². The molecule has 0 aromatic heterocycles. The van der Waals surface area contributed by atoms with Gasteiger partial charge >= 0.3 is 5.97 Å². The number of ketones is 1. The molecular formula is C17H24O5. The minimum Gasteiger partial charge on any atom is -0.497 e. The van der Waals surface area contributed by atoms with E-state index < -0.39 is 23.9 Å². The Labute approximate surface area is 131 Å². The standard InChI is InChI=1S/C17H24O5/c1-5-15(18)11(2)16(12(3)17(19)20)22-10-13-6-8-14(21-4)9-7-13/h6-9,11-12,16H,5,10H2,1-4H3,(H,19,20)/t11-,12-,16-/m0/s1. The number of hydrogen-bond acceptors (Lipinski definition) is 4. The van der Waals surface area contributed by atoms with Crippen molar-refractivity contribution in [3.05, 3.63) is 29.8 Å². The Bertz CT molecular complexity index is 494. The van der Waals surface area contributed by atoms with Crippen LogP contribution in [0.3, 0.4) is 0 Å². The van der Waals surface area contributed by atoms with E-state index in [1.165, 1.54) is 0 Å². The third-order valence-electron chi connectivity index (χ3n) is 3.83. The zero-order valence-electron chi connectivity index (χ0n) is 13.5. The lowest BCUT2D eigenvalue weighted by atomic mass is 9.89. The van der Waals surface area contributed by atoms with Gasteiger partial charge in [-0.2, -0.15) is 0 Å². The molecule has 0 spiro atoms. The van der Waals surface area contributed by atoms with E-state index in [1.807, 2.05) is 24.3 Å². The minimum absolute atomic E-state index is 0.00725. The van der Waals surface area contributed by atoms with Gasteiger partial charge in [0.2, 0.25) is 0 Å². The highest BCUT2D eigenvalue weighted by molar-refractivity contribution is 5.82. The van der Waals surface area contributed by atoms with Gasteiger partial charge in [0.05, 0.1) is 25.7 Å². The Morgan fingerprint density at radius 3 is 2.18 bits per heavy atom. The molecule has 0 fully saturated rings. The fraction of sp³-hybridized carbons (Fsp3) is 0.529. The van der Waals surface area contributed by atoms with E-state index in [4.69, 9.17) is 9.47 Å². The zero-order chi connectivity index (χ0) is 16.7. The number of aliphatic carboxylic acids is 1. The summed E-state index contributed by atoms with van der Waals surface area (Å²) in [6.07, 6.45) is -0.275. The van der Waals surface area contributed by atoms with E-state index in [2.05, 4.69) is 0 Å². The molecule has 5 heteroatoms. The summed E-state index contributed by atoms with van der Waals surface area (Å²) in [7, 11) is 1.59. The fourth-order valence-corrected chi connectivity index (χ4v) is 2.28. The molecule has 0 aliphatic rings. The highest BCUT2D eigenvalue weighted by atomic mass is 16.5. The molecule has 122 valence electrons. The van der Waals surface area contributed by atoms with Gasteiger partial charge in [0.1, 0.15) is 11.5 Å². The molecule has 0 aliphatic heterocycles. The van der Waals surface area contributed by atoms with E-state index in [0.717, 1.165) is 11.3 Å². The summed E-state index contributed by atoms with van der Waals surface area (Å²) in [5.74, 6) is -1.41. The second kappa shape index (κ2) is 8.54. The van der Waals surface area contributed by atoms with Crippen molar-refractivity contribution in [2.45, 2.75) is 39.9 Å². The van der Waals surface area contributed by atoms with E-state index in [1.54, 1.807) is 27.9 Å². The Kier molecular flexibility index (Phi) is 7.05. The van der Waals surface area contributed by atoms with Gasteiger partial charge in [0.15, 0.2) is 0 Å². The van der Waals surface area contributed by atoms with Crippen molar-refractivity contribution in [3.8, 4) is 5.75 Å². The summed E-state index contributed by atoms with van der Waals surface area (Å²) < 4.78 is 10.9. The van der Waals surface area contributed by atoms with Crippen molar-refractivity contribution in [2.75, 3.05) is 7.11 Å². The van der Waals surface area contributed by atoms with Crippen molar-refractivity contribution < 1.29 is 24.2 Å². The van der Waals surface area contributed by atoms with Crippen LogP contribution in [0.4, 0.5) is 0 Å². The number of Topliss-reactive ketones (excluding diaryl/α,β-unsaturated/α-hetero) is 1. The SMILES string of the molecule is CCC(=O)[C@H](C)[C@H](OCc1ccc(OC)cc1)[C@H](C)C(=O)O. The molecule has 1 aromatic carbocycles. The second-order valence-electron chi connectivity index (χ2n) is 5.36. The smallest absolute Gasteiger partial charge is 0.308 e. The Morgan fingerprint density at radius 2 is 1.73 bits per heavy atom. The number of hydrogen-bond donors (Lipinski definition) is 1. The lowest BCUT2D eigenvalue weighted by Gasteiger charge is -2.26. The summed E-state index contributed by atoms with van der Waals surface area (Å²) in [4.78, 5) is 23.1. The van der Waals surface area contributed by atoms with E-state index in [-0.39, 0.29) is 12.4 Å². The van der Waals surface area contributed by atoms with Crippen LogP contribution in [0.5, 0.6) is 5.75 Å². The van der Waals surface area contributed by atoms with E-state index in [9.17, 15) is 14.7 Å². The van der Waals surface area contributed by atoms with E-state index in [0.29, 0.717) is 6.42 Å². The molecule has 22 heavy (non-hydrogen) atoms. The highest BCUT2D eigenvalue weighted by Crippen LogP contribution is 2.22. The molecule has 0 saturated heterocycles. The molecule has 3 atom stereocenters. The molecule has 1 N–H and O–H groups in total. The first-order valence-corrected chi connectivity index (χ1v) is 7.40. The summed E-state index contributed by atoms with van der Waals surface area (Å²) in [5.41, 5.74) is 0.902. The van der Waals surface area contributed by atoms with Gasteiger partial charge in [-0.25, -0.2) is 0 Å². The Balaban J connectivity index is 2.79. The first kappa shape index (κ1) is 18.2. The van der Waals surface area contributed by atoms with Crippen LogP contribution in [0, 0.1) is 11.8 Å². The average molecular weight is 308 g/mol. The van der Waals surface area contributed by atoms with Crippen LogP contribution in [0.15, 0.2) is 24.3 Å². The molecule has 0 aliphatic carbocycles. The van der Waals surface area contributed by atoms with Gasteiger partial charge in [-0.3, -0.25) is 9.59 Å². The molecule has 0 heterocycles. The van der Waals surface area contributed by atoms with Crippen molar-refractivity contribution in [2.24, 2.45) is 11.8 Å². The van der Waals surface area contributed by atoms with Crippen molar-refractivity contribution in [1.29, 1.82) is 0 Å². The van der Waals surface area contributed by atoms with Gasteiger partial charge in [0.25, 0.3) is 0 Å². The average Bonchev–Trinajstić information content (AvgIpc) is 2.54. The molecule has 1 aromatic rings. The van der Waals surface area contributed by atoms with Gasteiger partial charge in [0, 0.05) is 12.3 Å². The van der Waals surface area contributed by atoms with Crippen LogP contribution in [0.1, 0.15) is 32.8 Å². The predicted octanol–water partition coefficient (Wildman–Crippen LogP) is 2.92. The number of carbonyl (C=O) groups excluding carboxylic acids is 1. The number of carboxylic acid groups (broad SMARTS) is 1. The maximum absolute atomic E-state index is 11.9. The van der Waals surface area contributed by atoms with Crippen molar-refractivity contribution >= 4 is 11.8 Å². The van der Waals surface area contributed by atoms with Gasteiger partial charge in [-0.15, -0.1) is 0 Å². The number of benzene rings is 1. The molecule has 0 saturated carbocycles. The van der Waals surface area contributed by atoms with Gasteiger partial charge in [-0.05, 0) is 24.6 Å². The Morgan fingerprint density at radius 1 is 1.14 bits per heavy atom. The third-order valence-corrected chi connectivity index (χ3v) is 3.83. The normalized spacial score (nSPS) is 14.9. The van der Waals surface area contributed by atoms with Crippen LogP contribution in [-0.2, 0) is 20.9 Å². The lowest BCUT2D eigenvalue weighted by Crippen LogP contribution is -2.37. The fourth-order valence-electron chi connectivity index (χ4n) is 2.28. The van der Waals surface area contributed by atoms with Crippen molar-refractivity contribution in [1.82, 2.24) is 0 Å². The summed E-state index contributed by atoms with van der Waals surface area (Å²) in [5, 5.41) is 9.21. The molecule has 0 unspecified atom stereocenters. The highest BCUT2D eigenvalue weighted by Gasteiger charge is 2.32. The minimum atomic E-state index is -0.963. The molecular weight excluding hydrogens is 284 g/mol. The largest absolute Gasteiger partial charge is 0.497 e. The first-order chi connectivity index (χ1) is 10.4. The molecule has 0 amide bonds. The second-order valence-corrected chi connectivity index (χ2v) is 5.36. The van der Waals surface area contributed by atoms with Crippen LogP contribution < -0.4 is 4.74 Å². The summed E-state index contributed by atoms with van der Waals surface area (Å²) in [6, 6.07) is 7.34. The maximum Gasteiger partial charge on any atom is 0.308 e. The van der Waals surface area contributed by atoms with Gasteiger partial charge in [-0.1, -0.05) is 26.0 Å². The number of carbonyl (C=O) groups is 2. The number of rotatable bonds is 9. The van der Waals surface area contributed by atoms with Crippen LogP contribution >= 0.6 is 0 Å². The predicted molar refractivity (Wildman–Crippen MR) is 82.8 cm³/mol. The van der Waals surface area contributed by atoms with Crippen LogP contribution in [-0.4, -0.2) is 30.1 Å². The lowest BCUT2D eigenvalue weighted by molar-refractivity contribution is -0.151. The number of ether oxygens (including phenoxy) is 2. The third kappa shape index (κ3) is 4.84. The number of carboxylic acids is 1. The number of methoxy groups -OCH3 is 1. The first-order valence-electron chi connectivity index (χ1n) is 7.40. The zero-order valence-corrected chi connectivity index (χ0v) is 13.5. The molecule has 1 rings (SSSR count). The molecule has 0 radical (unpaired) electrons. The van der Waals surface area contributed by atoms with Gasteiger partial charge < -0.3 is 14.6 Å². The topological polar surface area (TPSA) is 72.8 Å². The summed E-state index contributed by atoms with van der Waals surface area (Å²) >= 11 is 0. The molecule has 5 nitrogen and oxygen atoms in total. The molecule has 0 bridgehead atoms. The monoisotopic (exact) mass is 308 g/mol. The van der Waals surface area contributed by atoms with Crippen molar-refractivity contribution in [3.63, 3.8) is 0 Å². The van der Waals surface area contributed by atoms with Crippen LogP contribution in [0.2, 0.25) is 0 Å². The van der Waals surface area contributed by atoms with E-state index >= 15 is 0 Å². The maximum atomic E-state index is 11.9. The Hall–Kier alpha value is -1.88. The quantitative estimate of drug-likeness (QED) is 0.759. The summed E-state index contributed by atoms with van der Waals surface area (Å²) in [6.45, 7) is 5.32.